The topological polar surface area (TPSA) is 61.4 Å². The monoisotopic (exact) mass is 513 g/mol. The van der Waals surface area contributed by atoms with Gasteiger partial charge in [-0.05, 0) is 97.9 Å². The molecule has 2 N–H and O–H groups in total. The van der Waals surface area contributed by atoms with Gasteiger partial charge >= 0.3 is 6.03 Å². The molecule has 0 radical (unpaired) electrons. The number of halogens is 1. The summed E-state index contributed by atoms with van der Waals surface area (Å²) >= 11 is 0. The number of nitrogens with one attached hydrogen (secondary N) is 2. The van der Waals surface area contributed by atoms with Gasteiger partial charge in [-0.3, -0.25) is 9.69 Å². The molecule has 0 aromatic heterocycles. The number of urea groups is 1. The van der Waals surface area contributed by atoms with Crippen LogP contribution in [-0.2, 0) is 4.79 Å². The van der Waals surface area contributed by atoms with Crippen LogP contribution in [0, 0.1) is 29.0 Å². The Morgan fingerprint density at radius 1 is 0.947 bits per heavy atom. The molecule has 2 aromatic carbocycles. The summed E-state index contributed by atoms with van der Waals surface area (Å²) in [7, 11) is 0. The first-order valence-electron chi connectivity index (χ1n) is 14.2. The van der Waals surface area contributed by atoms with Gasteiger partial charge in [0.25, 0.3) is 0 Å². The Hall–Kier alpha value is -3.15. The van der Waals surface area contributed by atoms with Crippen LogP contribution in [0.1, 0.15) is 76.8 Å². The van der Waals surface area contributed by atoms with E-state index in [2.05, 4.69) is 24.5 Å². The molecule has 6 heteroatoms. The number of carbonyl (C=O) groups is 2. The van der Waals surface area contributed by atoms with Crippen LogP contribution in [0.4, 0.5) is 20.6 Å². The highest BCUT2D eigenvalue weighted by Gasteiger charge is 2.53. The van der Waals surface area contributed by atoms with E-state index in [1.54, 1.807) is 17.0 Å². The van der Waals surface area contributed by atoms with Crippen LogP contribution in [0.25, 0.3) is 0 Å². The van der Waals surface area contributed by atoms with E-state index in [0.717, 1.165) is 41.9 Å². The first kappa shape index (κ1) is 23.9. The lowest BCUT2D eigenvalue weighted by Gasteiger charge is -2.57. The van der Waals surface area contributed by atoms with E-state index < -0.39 is 6.04 Å². The zero-order chi connectivity index (χ0) is 26.2. The van der Waals surface area contributed by atoms with Crippen LogP contribution < -0.4 is 15.5 Å². The third-order valence-corrected chi connectivity index (χ3v) is 9.72. The molecular formula is C32H36FN3O2. The molecule has 1 aliphatic heterocycles. The normalized spacial score (nSPS) is 32.8. The van der Waals surface area contributed by atoms with Gasteiger partial charge in [-0.25, -0.2) is 9.18 Å². The molecule has 0 spiro atoms. The first-order chi connectivity index (χ1) is 18.2. The molecule has 4 saturated carbocycles. The number of benzene rings is 2. The minimum absolute atomic E-state index is 0.0403. The van der Waals surface area contributed by atoms with Crippen molar-refractivity contribution in [1.29, 1.82) is 0 Å². The summed E-state index contributed by atoms with van der Waals surface area (Å²) in [6.45, 7) is 4.22. The molecule has 198 valence electrons. The van der Waals surface area contributed by atoms with E-state index in [9.17, 15) is 14.0 Å². The van der Waals surface area contributed by atoms with Gasteiger partial charge < -0.3 is 10.6 Å². The number of hydrogen-bond acceptors (Lipinski definition) is 3. The van der Waals surface area contributed by atoms with Gasteiger partial charge in [-0.2, -0.15) is 0 Å². The van der Waals surface area contributed by atoms with Crippen LogP contribution in [0.2, 0.25) is 0 Å². The number of Topliss-reactive ketones (excluding diaryl/α,β-unsaturated/α-hetero) is 1. The quantitative estimate of drug-likeness (QED) is 0.449. The van der Waals surface area contributed by atoms with Crippen molar-refractivity contribution in [2.75, 3.05) is 10.2 Å². The van der Waals surface area contributed by atoms with Crippen molar-refractivity contribution in [1.82, 2.24) is 5.32 Å². The molecule has 2 amide bonds. The maximum Gasteiger partial charge on any atom is 0.323 e. The first-order valence-corrected chi connectivity index (χ1v) is 14.2. The van der Waals surface area contributed by atoms with Crippen molar-refractivity contribution >= 4 is 23.2 Å². The van der Waals surface area contributed by atoms with Crippen molar-refractivity contribution in [3.63, 3.8) is 0 Å². The number of rotatable bonds is 2. The summed E-state index contributed by atoms with van der Waals surface area (Å²) in [5.74, 6) is 1.80. The summed E-state index contributed by atoms with van der Waals surface area (Å²) < 4.78 is 14.0. The van der Waals surface area contributed by atoms with Gasteiger partial charge in [-0.15, -0.1) is 0 Å². The SMILES string of the molecule is CC1(C)CC(=O)C2=C(C1)Nc1ccccc1N(C(=O)NC13CC4CC(CC(C4)C1)C3)[C@@H]2c1ccc(F)cc1. The van der Waals surface area contributed by atoms with Crippen LogP contribution in [0.15, 0.2) is 59.8 Å². The van der Waals surface area contributed by atoms with E-state index in [4.69, 9.17) is 0 Å². The van der Waals surface area contributed by atoms with Crippen molar-refractivity contribution in [3.05, 3.63) is 71.2 Å². The highest BCUT2D eigenvalue weighted by atomic mass is 19.1. The lowest BCUT2D eigenvalue weighted by Crippen LogP contribution is -2.62. The van der Waals surface area contributed by atoms with Crippen molar-refractivity contribution < 1.29 is 14.0 Å². The van der Waals surface area contributed by atoms with Crippen LogP contribution in [-0.4, -0.2) is 17.4 Å². The number of carbonyl (C=O) groups excluding carboxylic acids is 2. The zero-order valence-electron chi connectivity index (χ0n) is 22.2. The van der Waals surface area contributed by atoms with Crippen molar-refractivity contribution in [3.8, 4) is 0 Å². The number of nitrogens with zero attached hydrogens (tertiary/aromatic N) is 1. The molecule has 6 aliphatic rings. The highest BCUT2D eigenvalue weighted by molar-refractivity contribution is 6.06. The molecule has 4 bridgehead atoms. The highest BCUT2D eigenvalue weighted by Crippen LogP contribution is 2.56. The number of allylic oxidation sites excluding steroid dienone is 1. The molecule has 8 rings (SSSR count). The second-order valence-corrected chi connectivity index (χ2v) is 13.4. The second kappa shape index (κ2) is 8.42. The Balaban J connectivity index is 1.36. The largest absolute Gasteiger partial charge is 0.357 e. The third kappa shape index (κ3) is 3.95. The Labute approximate surface area is 223 Å². The van der Waals surface area contributed by atoms with E-state index in [1.807, 2.05) is 24.3 Å². The number of hydrogen-bond donors (Lipinski definition) is 2. The Morgan fingerprint density at radius 3 is 2.24 bits per heavy atom. The minimum atomic E-state index is -0.640. The van der Waals surface area contributed by atoms with Gasteiger partial charge in [0, 0.05) is 23.2 Å². The maximum absolute atomic E-state index is 14.5. The molecule has 5 nitrogen and oxygen atoms in total. The number of para-hydroxylation sites is 2. The van der Waals surface area contributed by atoms with Gasteiger partial charge in [-0.1, -0.05) is 38.1 Å². The van der Waals surface area contributed by atoms with Gasteiger partial charge in [0.1, 0.15) is 5.82 Å². The summed E-state index contributed by atoms with van der Waals surface area (Å²) in [6.07, 6.45) is 8.12. The molecular weight excluding hydrogens is 477 g/mol. The Kier molecular flexibility index (Phi) is 5.30. The van der Waals surface area contributed by atoms with Crippen molar-refractivity contribution in [2.45, 2.75) is 76.8 Å². The van der Waals surface area contributed by atoms with E-state index >= 15 is 0 Å². The second-order valence-electron chi connectivity index (χ2n) is 13.4. The Bertz CT molecular complexity index is 1310. The van der Waals surface area contributed by atoms with E-state index in [1.165, 1.54) is 31.4 Å². The molecule has 1 heterocycles. The fourth-order valence-electron chi connectivity index (χ4n) is 8.72. The molecule has 1 atom stereocenters. The molecule has 0 saturated heterocycles. The zero-order valence-corrected chi connectivity index (χ0v) is 22.2. The number of amides is 2. The van der Waals surface area contributed by atoms with E-state index in [0.29, 0.717) is 36.2 Å². The molecule has 38 heavy (non-hydrogen) atoms. The summed E-state index contributed by atoms with van der Waals surface area (Å²) in [5, 5.41) is 7.12. The third-order valence-electron chi connectivity index (χ3n) is 9.72. The number of fused-ring (bicyclic) bond motifs is 1. The smallest absolute Gasteiger partial charge is 0.323 e. The summed E-state index contributed by atoms with van der Waals surface area (Å²) in [6, 6.07) is 13.3. The summed E-state index contributed by atoms with van der Waals surface area (Å²) in [4.78, 5) is 30.2. The summed E-state index contributed by atoms with van der Waals surface area (Å²) in [5.41, 5.74) is 3.41. The lowest BCUT2D eigenvalue weighted by molar-refractivity contribution is -0.118. The predicted octanol–water partition coefficient (Wildman–Crippen LogP) is 7.12. The fraction of sp³-hybridized carbons (Fsp3) is 0.500. The van der Waals surface area contributed by atoms with Crippen LogP contribution >= 0.6 is 0 Å². The van der Waals surface area contributed by atoms with Gasteiger partial charge in [0.15, 0.2) is 5.78 Å². The van der Waals surface area contributed by atoms with Gasteiger partial charge in [0.05, 0.1) is 17.4 Å². The maximum atomic E-state index is 14.5. The minimum Gasteiger partial charge on any atom is -0.357 e. The van der Waals surface area contributed by atoms with Crippen molar-refractivity contribution in [2.24, 2.45) is 23.2 Å². The molecule has 4 fully saturated rings. The Morgan fingerprint density at radius 2 is 1.58 bits per heavy atom. The lowest BCUT2D eigenvalue weighted by atomic mass is 9.53. The number of ketones is 1. The standard InChI is InChI=1S/C32H36FN3O2/c1-31(2)17-25-28(27(37)18-31)29(22-7-9-23(33)10-8-22)36(26-6-4-3-5-24(26)34-25)30(38)35-32-14-19-11-20(15-32)13-21(12-19)16-32/h3-10,19-21,29,34H,11-18H2,1-2H3,(H,35,38)/t19?,20?,21?,29-,32?/m1/s1. The average Bonchev–Trinajstić information content (AvgIpc) is 2.97. The fourth-order valence-corrected chi connectivity index (χ4v) is 8.72. The molecule has 0 unspecified atom stereocenters. The van der Waals surface area contributed by atoms with E-state index in [-0.39, 0.29) is 28.6 Å². The molecule has 2 aromatic rings. The van der Waals surface area contributed by atoms with Crippen LogP contribution in [0.5, 0.6) is 0 Å². The predicted molar refractivity (Wildman–Crippen MR) is 146 cm³/mol. The average molecular weight is 514 g/mol. The number of anilines is 2. The van der Waals surface area contributed by atoms with Crippen LogP contribution in [0.3, 0.4) is 0 Å². The molecule has 5 aliphatic carbocycles. The van der Waals surface area contributed by atoms with Gasteiger partial charge in [0.2, 0.25) is 0 Å².